The van der Waals surface area contributed by atoms with Crippen LogP contribution in [0.1, 0.15) is 38.4 Å². The fourth-order valence-electron chi connectivity index (χ4n) is 2.56. The highest BCUT2D eigenvalue weighted by Crippen LogP contribution is 2.39. The molecule has 0 amide bonds. The number of aromatic nitrogens is 4. The van der Waals surface area contributed by atoms with Crippen molar-refractivity contribution in [3.05, 3.63) is 5.82 Å². The van der Waals surface area contributed by atoms with E-state index in [2.05, 4.69) is 22.3 Å². The minimum Gasteiger partial charge on any atom is -0.330 e. The number of tetrazole rings is 1. The lowest BCUT2D eigenvalue weighted by molar-refractivity contribution is 0.160. The second kappa shape index (κ2) is 4.49. The van der Waals surface area contributed by atoms with Crippen molar-refractivity contribution in [1.29, 1.82) is 0 Å². The molecule has 2 rings (SSSR count). The highest BCUT2D eigenvalue weighted by Gasteiger charge is 2.34. The molecule has 0 saturated heterocycles. The molecule has 90 valence electrons. The molecular formula is C11H21N5. The van der Waals surface area contributed by atoms with Crippen molar-refractivity contribution in [2.24, 2.45) is 24.1 Å². The van der Waals surface area contributed by atoms with E-state index in [4.69, 9.17) is 5.73 Å². The molecular weight excluding hydrogens is 202 g/mol. The zero-order valence-corrected chi connectivity index (χ0v) is 10.2. The first-order valence-electron chi connectivity index (χ1n) is 6.06. The topological polar surface area (TPSA) is 69.6 Å². The first-order valence-corrected chi connectivity index (χ1v) is 6.06. The van der Waals surface area contributed by atoms with Crippen LogP contribution in [0.25, 0.3) is 0 Å². The Kier molecular flexibility index (Phi) is 3.23. The van der Waals surface area contributed by atoms with Crippen LogP contribution in [-0.4, -0.2) is 26.8 Å². The SMILES string of the molecule is CC1CCC(CN)(Cc2nnn(C)n2)CC1. The number of nitrogens with two attached hydrogens (primary N) is 1. The molecule has 1 aromatic heterocycles. The van der Waals surface area contributed by atoms with Gasteiger partial charge in [-0.15, -0.1) is 10.2 Å². The van der Waals surface area contributed by atoms with Gasteiger partial charge in [-0.05, 0) is 35.9 Å². The van der Waals surface area contributed by atoms with Gasteiger partial charge in [-0.3, -0.25) is 0 Å². The summed E-state index contributed by atoms with van der Waals surface area (Å²) in [6.45, 7) is 3.05. The first kappa shape index (κ1) is 11.5. The van der Waals surface area contributed by atoms with Gasteiger partial charge in [-0.25, -0.2) is 0 Å². The molecule has 2 N–H and O–H groups in total. The Morgan fingerprint density at radius 1 is 1.44 bits per heavy atom. The number of hydrogen-bond donors (Lipinski definition) is 1. The Labute approximate surface area is 96.4 Å². The Balaban J connectivity index is 2.04. The van der Waals surface area contributed by atoms with E-state index in [9.17, 15) is 0 Å². The van der Waals surface area contributed by atoms with Crippen LogP contribution in [0.2, 0.25) is 0 Å². The smallest absolute Gasteiger partial charge is 0.175 e. The number of hydrogen-bond acceptors (Lipinski definition) is 4. The van der Waals surface area contributed by atoms with Crippen molar-refractivity contribution in [3.63, 3.8) is 0 Å². The van der Waals surface area contributed by atoms with E-state index in [-0.39, 0.29) is 5.41 Å². The Hall–Kier alpha value is -0.970. The quantitative estimate of drug-likeness (QED) is 0.827. The van der Waals surface area contributed by atoms with Crippen LogP contribution in [0.5, 0.6) is 0 Å². The molecule has 0 unspecified atom stereocenters. The van der Waals surface area contributed by atoms with E-state index in [0.717, 1.165) is 24.7 Å². The second-order valence-electron chi connectivity index (χ2n) is 5.26. The fourth-order valence-corrected chi connectivity index (χ4v) is 2.56. The lowest BCUT2D eigenvalue weighted by Gasteiger charge is -2.37. The van der Waals surface area contributed by atoms with Gasteiger partial charge in [-0.1, -0.05) is 19.8 Å². The van der Waals surface area contributed by atoms with Gasteiger partial charge in [0.1, 0.15) is 0 Å². The number of aryl methyl sites for hydroxylation is 1. The molecule has 0 aromatic carbocycles. The van der Waals surface area contributed by atoms with Gasteiger partial charge in [0.2, 0.25) is 0 Å². The lowest BCUT2D eigenvalue weighted by atomic mass is 9.69. The highest BCUT2D eigenvalue weighted by atomic mass is 15.6. The summed E-state index contributed by atoms with van der Waals surface area (Å²) in [5.74, 6) is 1.68. The molecule has 1 aliphatic carbocycles. The molecule has 0 bridgehead atoms. The van der Waals surface area contributed by atoms with Crippen LogP contribution in [0.3, 0.4) is 0 Å². The standard InChI is InChI=1S/C11H21N5/c1-9-3-5-11(8-12,6-4-9)7-10-13-15-16(2)14-10/h9H,3-8,12H2,1-2H3. The second-order valence-corrected chi connectivity index (χ2v) is 5.26. The summed E-state index contributed by atoms with van der Waals surface area (Å²) in [6, 6.07) is 0. The predicted octanol–water partition coefficient (Wildman–Crippen LogP) is 0.908. The van der Waals surface area contributed by atoms with E-state index >= 15 is 0 Å². The van der Waals surface area contributed by atoms with E-state index in [1.807, 2.05) is 0 Å². The van der Waals surface area contributed by atoms with Crippen LogP contribution in [0, 0.1) is 11.3 Å². The number of nitrogens with zero attached hydrogens (tertiary/aromatic N) is 4. The van der Waals surface area contributed by atoms with Gasteiger partial charge in [0, 0.05) is 6.42 Å². The van der Waals surface area contributed by atoms with Crippen molar-refractivity contribution >= 4 is 0 Å². The maximum Gasteiger partial charge on any atom is 0.175 e. The van der Waals surface area contributed by atoms with Gasteiger partial charge in [0.05, 0.1) is 7.05 Å². The van der Waals surface area contributed by atoms with Crippen molar-refractivity contribution in [2.75, 3.05) is 6.54 Å². The number of rotatable bonds is 3. The van der Waals surface area contributed by atoms with E-state index in [1.54, 1.807) is 7.05 Å². The Morgan fingerprint density at radius 3 is 2.62 bits per heavy atom. The van der Waals surface area contributed by atoms with E-state index in [0.29, 0.717) is 0 Å². The average molecular weight is 223 g/mol. The van der Waals surface area contributed by atoms with Gasteiger partial charge in [0.15, 0.2) is 5.82 Å². The zero-order valence-electron chi connectivity index (χ0n) is 10.2. The summed E-state index contributed by atoms with van der Waals surface area (Å²) in [4.78, 5) is 1.52. The summed E-state index contributed by atoms with van der Waals surface area (Å²) in [5.41, 5.74) is 6.17. The molecule has 0 aliphatic heterocycles. The van der Waals surface area contributed by atoms with E-state index in [1.165, 1.54) is 30.5 Å². The maximum absolute atomic E-state index is 5.96. The average Bonchev–Trinajstić information content (AvgIpc) is 2.68. The zero-order chi connectivity index (χ0) is 11.6. The van der Waals surface area contributed by atoms with Gasteiger partial charge >= 0.3 is 0 Å². The van der Waals surface area contributed by atoms with Crippen molar-refractivity contribution < 1.29 is 0 Å². The molecule has 1 aromatic rings. The molecule has 1 fully saturated rings. The maximum atomic E-state index is 5.96. The van der Waals surface area contributed by atoms with Gasteiger partial charge < -0.3 is 5.73 Å². The molecule has 0 radical (unpaired) electrons. The molecule has 5 heteroatoms. The minimum atomic E-state index is 0.218. The lowest BCUT2D eigenvalue weighted by Crippen LogP contribution is -2.36. The normalized spacial score (nSPS) is 30.6. The Morgan fingerprint density at radius 2 is 2.12 bits per heavy atom. The summed E-state index contributed by atoms with van der Waals surface area (Å²) >= 11 is 0. The molecule has 0 spiro atoms. The minimum absolute atomic E-state index is 0.218. The monoisotopic (exact) mass is 223 g/mol. The van der Waals surface area contributed by atoms with Crippen LogP contribution in [0.4, 0.5) is 0 Å². The van der Waals surface area contributed by atoms with Crippen LogP contribution < -0.4 is 5.73 Å². The summed E-state index contributed by atoms with van der Waals surface area (Å²) in [5, 5.41) is 12.2. The molecule has 1 heterocycles. The molecule has 1 aliphatic rings. The van der Waals surface area contributed by atoms with E-state index < -0.39 is 0 Å². The molecule has 16 heavy (non-hydrogen) atoms. The van der Waals surface area contributed by atoms with Gasteiger partial charge in [-0.2, -0.15) is 4.80 Å². The summed E-state index contributed by atoms with van der Waals surface area (Å²) in [7, 11) is 1.80. The summed E-state index contributed by atoms with van der Waals surface area (Å²) in [6.07, 6.45) is 5.82. The Bertz CT molecular complexity index is 338. The first-order chi connectivity index (χ1) is 7.63. The van der Waals surface area contributed by atoms with Crippen LogP contribution >= 0.6 is 0 Å². The third kappa shape index (κ3) is 2.40. The van der Waals surface area contributed by atoms with Crippen molar-refractivity contribution in [2.45, 2.75) is 39.0 Å². The largest absolute Gasteiger partial charge is 0.330 e. The fraction of sp³-hybridized carbons (Fsp3) is 0.909. The van der Waals surface area contributed by atoms with Gasteiger partial charge in [0.25, 0.3) is 0 Å². The van der Waals surface area contributed by atoms with Crippen LogP contribution in [-0.2, 0) is 13.5 Å². The van der Waals surface area contributed by atoms with Crippen LogP contribution in [0.15, 0.2) is 0 Å². The highest BCUT2D eigenvalue weighted by molar-refractivity contribution is 4.94. The molecule has 0 atom stereocenters. The third-order valence-electron chi connectivity index (χ3n) is 3.85. The predicted molar refractivity (Wildman–Crippen MR) is 61.6 cm³/mol. The molecule has 1 saturated carbocycles. The van der Waals surface area contributed by atoms with Crippen molar-refractivity contribution in [1.82, 2.24) is 20.2 Å². The molecule has 5 nitrogen and oxygen atoms in total. The third-order valence-corrected chi connectivity index (χ3v) is 3.85. The summed E-state index contributed by atoms with van der Waals surface area (Å²) < 4.78 is 0. The van der Waals surface area contributed by atoms with Crippen molar-refractivity contribution in [3.8, 4) is 0 Å².